The van der Waals surface area contributed by atoms with Crippen LogP contribution in [0.3, 0.4) is 0 Å². The molecule has 0 aliphatic heterocycles. The summed E-state index contributed by atoms with van der Waals surface area (Å²) in [7, 11) is 0. The van der Waals surface area contributed by atoms with Gasteiger partial charge in [-0.2, -0.15) is 0 Å². The Labute approximate surface area is 114 Å². The topological polar surface area (TPSA) is 51.8 Å². The van der Waals surface area contributed by atoms with Crippen LogP contribution in [0.2, 0.25) is 0 Å². The van der Waals surface area contributed by atoms with E-state index in [-0.39, 0.29) is 6.04 Å². The molecule has 0 aliphatic rings. The number of hydrogen-bond acceptors (Lipinski definition) is 3. The van der Waals surface area contributed by atoms with Gasteiger partial charge in [-0.3, -0.25) is 0 Å². The van der Waals surface area contributed by atoms with Crippen LogP contribution in [0, 0.1) is 13.8 Å². The molecule has 0 bridgehead atoms. The molecule has 0 amide bonds. The number of nitrogens with two attached hydrogens (primary N) is 1. The van der Waals surface area contributed by atoms with E-state index in [1.54, 1.807) is 0 Å². The molecule has 3 nitrogen and oxygen atoms in total. The summed E-state index contributed by atoms with van der Waals surface area (Å²) in [5.41, 5.74) is 10.3. The minimum absolute atomic E-state index is 0.167. The van der Waals surface area contributed by atoms with Gasteiger partial charge in [-0.1, -0.05) is 36.8 Å². The summed E-state index contributed by atoms with van der Waals surface area (Å²) in [6.07, 6.45) is 1.77. The second-order valence-electron chi connectivity index (χ2n) is 5.06. The molecule has 3 heteroatoms. The third-order valence-electron chi connectivity index (χ3n) is 3.21. The van der Waals surface area contributed by atoms with Crippen LogP contribution in [-0.4, -0.2) is 16.0 Å². The molecule has 1 heterocycles. The molecule has 0 radical (unpaired) electrons. The van der Waals surface area contributed by atoms with E-state index in [0.717, 1.165) is 35.6 Å². The fourth-order valence-electron chi connectivity index (χ4n) is 1.98. The number of rotatable bonds is 4. The van der Waals surface area contributed by atoms with E-state index < -0.39 is 0 Å². The van der Waals surface area contributed by atoms with E-state index in [4.69, 9.17) is 5.73 Å². The zero-order valence-electron chi connectivity index (χ0n) is 11.9. The Bertz CT molecular complexity index is 546. The average Bonchev–Trinajstić information content (AvgIpc) is 2.38. The van der Waals surface area contributed by atoms with E-state index in [2.05, 4.69) is 48.1 Å². The first-order valence-electron chi connectivity index (χ1n) is 6.75. The van der Waals surface area contributed by atoms with Crippen molar-refractivity contribution in [1.29, 1.82) is 0 Å². The van der Waals surface area contributed by atoms with Crippen molar-refractivity contribution >= 4 is 0 Å². The monoisotopic (exact) mass is 255 g/mol. The van der Waals surface area contributed by atoms with Crippen molar-refractivity contribution in [2.75, 3.05) is 0 Å². The summed E-state index contributed by atoms with van der Waals surface area (Å²) >= 11 is 0. The van der Waals surface area contributed by atoms with E-state index in [1.165, 1.54) is 5.56 Å². The second kappa shape index (κ2) is 5.93. The van der Waals surface area contributed by atoms with Crippen molar-refractivity contribution in [2.24, 2.45) is 5.73 Å². The predicted molar refractivity (Wildman–Crippen MR) is 78.9 cm³/mol. The fourth-order valence-corrected chi connectivity index (χ4v) is 1.98. The molecule has 2 N–H and O–H groups in total. The third kappa shape index (κ3) is 3.61. The number of hydrogen-bond donors (Lipinski definition) is 1. The van der Waals surface area contributed by atoms with Crippen LogP contribution in [0.5, 0.6) is 0 Å². The van der Waals surface area contributed by atoms with E-state index in [1.807, 2.05) is 13.0 Å². The largest absolute Gasteiger partial charge is 0.327 e. The lowest BCUT2D eigenvalue weighted by molar-refractivity contribution is 0.635. The number of nitrogens with zero attached hydrogens (tertiary/aromatic N) is 2. The Morgan fingerprint density at radius 2 is 1.79 bits per heavy atom. The number of aromatic nitrogens is 2. The molecule has 19 heavy (non-hydrogen) atoms. The summed E-state index contributed by atoms with van der Waals surface area (Å²) < 4.78 is 0. The van der Waals surface area contributed by atoms with Gasteiger partial charge in [-0.15, -0.1) is 0 Å². The van der Waals surface area contributed by atoms with Crippen LogP contribution < -0.4 is 5.73 Å². The maximum absolute atomic E-state index is 6.00. The molecular formula is C16H21N3. The molecule has 0 saturated heterocycles. The normalized spacial score (nSPS) is 12.4. The smallest absolute Gasteiger partial charge is 0.159 e. The first kappa shape index (κ1) is 13.7. The van der Waals surface area contributed by atoms with Gasteiger partial charge in [0.25, 0.3) is 0 Å². The first-order chi connectivity index (χ1) is 9.08. The Morgan fingerprint density at radius 1 is 1.11 bits per heavy atom. The summed E-state index contributed by atoms with van der Waals surface area (Å²) in [6.45, 7) is 6.17. The van der Waals surface area contributed by atoms with Crippen LogP contribution in [0.1, 0.15) is 30.3 Å². The standard InChI is InChI=1S/C16H21N3/c1-4-14(17)10-15-9-12(3)18-16(19-15)13-7-5-11(2)6-8-13/h5-9,14H,4,10,17H2,1-3H3. The Hall–Kier alpha value is -1.74. The van der Waals surface area contributed by atoms with Crippen molar-refractivity contribution in [3.63, 3.8) is 0 Å². The highest BCUT2D eigenvalue weighted by atomic mass is 14.9. The summed E-state index contributed by atoms with van der Waals surface area (Å²) in [4.78, 5) is 9.15. The van der Waals surface area contributed by atoms with Gasteiger partial charge < -0.3 is 5.73 Å². The molecular weight excluding hydrogens is 234 g/mol. The summed E-state index contributed by atoms with van der Waals surface area (Å²) in [5.74, 6) is 0.790. The molecule has 1 aromatic carbocycles. The van der Waals surface area contributed by atoms with Crippen LogP contribution in [-0.2, 0) is 6.42 Å². The van der Waals surface area contributed by atoms with E-state index >= 15 is 0 Å². The van der Waals surface area contributed by atoms with Gasteiger partial charge in [0.15, 0.2) is 5.82 Å². The highest BCUT2D eigenvalue weighted by molar-refractivity contribution is 5.55. The molecule has 100 valence electrons. The van der Waals surface area contributed by atoms with Crippen molar-refractivity contribution in [3.05, 3.63) is 47.3 Å². The molecule has 0 aliphatic carbocycles. The van der Waals surface area contributed by atoms with Gasteiger partial charge >= 0.3 is 0 Å². The molecule has 1 unspecified atom stereocenters. The van der Waals surface area contributed by atoms with Gasteiger partial charge in [0.1, 0.15) is 0 Å². The van der Waals surface area contributed by atoms with Crippen molar-refractivity contribution in [2.45, 2.75) is 39.7 Å². The molecule has 0 spiro atoms. The van der Waals surface area contributed by atoms with Crippen LogP contribution >= 0.6 is 0 Å². The van der Waals surface area contributed by atoms with Crippen LogP contribution in [0.25, 0.3) is 11.4 Å². The lowest BCUT2D eigenvalue weighted by Gasteiger charge is -2.10. The van der Waals surface area contributed by atoms with Crippen molar-refractivity contribution < 1.29 is 0 Å². The van der Waals surface area contributed by atoms with E-state index in [9.17, 15) is 0 Å². The summed E-state index contributed by atoms with van der Waals surface area (Å²) in [5, 5.41) is 0. The Balaban J connectivity index is 2.33. The van der Waals surface area contributed by atoms with Crippen LogP contribution in [0.15, 0.2) is 30.3 Å². The Morgan fingerprint density at radius 3 is 2.42 bits per heavy atom. The third-order valence-corrected chi connectivity index (χ3v) is 3.21. The SMILES string of the molecule is CCC(N)Cc1cc(C)nc(-c2ccc(C)cc2)n1. The van der Waals surface area contributed by atoms with Gasteiger partial charge in [0.05, 0.1) is 0 Å². The highest BCUT2D eigenvalue weighted by Crippen LogP contribution is 2.17. The highest BCUT2D eigenvalue weighted by Gasteiger charge is 2.08. The summed E-state index contributed by atoms with van der Waals surface area (Å²) in [6, 6.07) is 10.5. The molecule has 2 aromatic rings. The lowest BCUT2D eigenvalue weighted by Crippen LogP contribution is -2.22. The molecule has 1 aromatic heterocycles. The molecule has 1 atom stereocenters. The Kier molecular flexibility index (Phi) is 4.27. The quantitative estimate of drug-likeness (QED) is 0.913. The van der Waals surface area contributed by atoms with Gasteiger partial charge in [0, 0.05) is 29.4 Å². The zero-order chi connectivity index (χ0) is 13.8. The van der Waals surface area contributed by atoms with Crippen molar-refractivity contribution in [3.8, 4) is 11.4 Å². The van der Waals surface area contributed by atoms with E-state index in [0.29, 0.717) is 0 Å². The van der Waals surface area contributed by atoms with Gasteiger partial charge in [-0.05, 0) is 26.3 Å². The first-order valence-corrected chi connectivity index (χ1v) is 6.75. The minimum Gasteiger partial charge on any atom is -0.327 e. The average molecular weight is 255 g/mol. The van der Waals surface area contributed by atoms with Gasteiger partial charge in [-0.25, -0.2) is 9.97 Å². The second-order valence-corrected chi connectivity index (χ2v) is 5.06. The van der Waals surface area contributed by atoms with Gasteiger partial charge in [0.2, 0.25) is 0 Å². The minimum atomic E-state index is 0.167. The molecule has 0 saturated carbocycles. The maximum atomic E-state index is 6.00. The predicted octanol–water partition coefficient (Wildman–Crippen LogP) is 3.04. The maximum Gasteiger partial charge on any atom is 0.159 e. The number of benzene rings is 1. The van der Waals surface area contributed by atoms with Crippen LogP contribution in [0.4, 0.5) is 0 Å². The molecule has 0 fully saturated rings. The molecule has 2 rings (SSSR count). The number of aryl methyl sites for hydroxylation is 2. The zero-order valence-corrected chi connectivity index (χ0v) is 11.9. The lowest BCUT2D eigenvalue weighted by atomic mass is 10.1. The fraction of sp³-hybridized carbons (Fsp3) is 0.375. The van der Waals surface area contributed by atoms with Crippen molar-refractivity contribution in [1.82, 2.24) is 9.97 Å².